The quantitative estimate of drug-likeness (QED) is 0.394. The summed E-state index contributed by atoms with van der Waals surface area (Å²) in [7, 11) is 0. The van der Waals surface area contributed by atoms with Gasteiger partial charge in [0.1, 0.15) is 0 Å². The number of primary amides is 1. The predicted octanol–water partition coefficient (Wildman–Crippen LogP) is 7.42. The maximum absolute atomic E-state index is 12.0. The number of hydrogen-bond donors (Lipinski definition) is 1. The molecule has 1 amide bonds. The monoisotopic (exact) mass is 427 g/mol. The van der Waals surface area contributed by atoms with Crippen molar-refractivity contribution in [2.75, 3.05) is 0 Å². The van der Waals surface area contributed by atoms with Crippen LogP contribution in [0.15, 0.2) is 72.8 Å². The fourth-order valence-electron chi connectivity index (χ4n) is 6.52. The second-order valence-electron chi connectivity index (χ2n) is 9.75. The van der Waals surface area contributed by atoms with Crippen molar-refractivity contribution in [2.45, 2.75) is 64.7 Å². The van der Waals surface area contributed by atoms with Crippen molar-refractivity contribution in [1.82, 2.24) is 0 Å². The molecule has 168 valence electrons. The van der Waals surface area contributed by atoms with Gasteiger partial charge >= 0.3 is 0 Å². The summed E-state index contributed by atoms with van der Waals surface area (Å²) in [5.41, 5.74) is 12.5. The van der Waals surface area contributed by atoms with Gasteiger partial charge in [-0.2, -0.15) is 0 Å². The fraction of sp³-hybridized carbons (Fsp3) is 0.433. The van der Waals surface area contributed by atoms with E-state index < -0.39 is 0 Å². The maximum atomic E-state index is 12.0. The van der Waals surface area contributed by atoms with E-state index in [0.717, 1.165) is 25.7 Å². The van der Waals surface area contributed by atoms with E-state index in [9.17, 15) is 4.79 Å². The molecule has 2 nitrogen and oxygen atoms in total. The molecule has 4 rings (SSSR count). The van der Waals surface area contributed by atoms with Gasteiger partial charge in [0.15, 0.2) is 0 Å². The summed E-state index contributed by atoms with van der Waals surface area (Å²) < 4.78 is 0. The number of carbonyl (C=O) groups is 1. The van der Waals surface area contributed by atoms with Gasteiger partial charge in [0.25, 0.3) is 0 Å². The smallest absolute Gasteiger partial charge is 0.217 e. The normalized spacial score (nSPS) is 24.5. The Balaban J connectivity index is 1.81. The third-order valence-corrected chi connectivity index (χ3v) is 7.90. The predicted molar refractivity (Wildman–Crippen MR) is 135 cm³/mol. The van der Waals surface area contributed by atoms with Crippen LogP contribution in [0.25, 0.3) is 11.1 Å². The Bertz CT molecular complexity index is 974. The number of benzene rings is 2. The molecular formula is C30H37NO. The molecule has 2 heteroatoms. The average Bonchev–Trinajstić information content (AvgIpc) is 3.32. The van der Waals surface area contributed by atoms with Crippen molar-refractivity contribution in [3.63, 3.8) is 0 Å². The third kappa shape index (κ3) is 4.20. The Morgan fingerprint density at radius 3 is 2.38 bits per heavy atom. The fourth-order valence-corrected chi connectivity index (χ4v) is 6.52. The van der Waals surface area contributed by atoms with Crippen LogP contribution < -0.4 is 5.73 Å². The van der Waals surface area contributed by atoms with E-state index in [0.29, 0.717) is 18.3 Å². The van der Waals surface area contributed by atoms with Crippen molar-refractivity contribution in [3.8, 4) is 0 Å². The lowest BCUT2D eigenvalue weighted by atomic mass is 9.65. The zero-order valence-electron chi connectivity index (χ0n) is 19.5. The Hall–Kier alpha value is -2.61. The number of rotatable bonds is 10. The minimum absolute atomic E-state index is 0.108. The molecule has 2 aromatic rings. The molecule has 2 aromatic carbocycles. The van der Waals surface area contributed by atoms with Gasteiger partial charge in [0, 0.05) is 11.8 Å². The van der Waals surface area contributed by atoms with Gasteiger partial charge in [0.05, 0.1) is 0 Å². The third-order valence-electron chi connectivity index (χ3n) is 7.90. The number of allylic oxidation sites excluding steroid dienone is 3. The number of unbranched alkanes of at least 4 members (excludes halogenated alkanes) is 3. The zero-order valence-corrected chi connectivity index (χ0v) is 19.5. The van der Waals surface area contributed by atoms with E-state index in [1.807, 2.05) is 0 Å². The Kier molecular flexibility index (Phi) is 6.98. The summed E-state index contributed by atoms with van der Waals surface area (Å²) in [4.78, 5) is 12.0. The van der Waals surface area contributed by atoms with Crippen molar-refractivity contribution in [2.24, 2.45) is 23.0 Å². The molecule has 0 bridgehead atoms. The highest BCUT2D eigenvalue weighted by molar-refractivity contribution is 5.90. The van der Waals surface area contributed by atoms with Gasteiger partial charge in [-0.15, -0.1) is 0 Å². The second-order valence-corrected chi connectivity index (χ2v) is 9.75. The molecule has 1 saturated carbocycles. The van der Waals surface area contributed by atoms with Crippen LogP contribution in [-0.4, -0.2) is 5.91 Å². The number of hydrogen-bond acceptors (Lipinski definition) is 1. The summed E-state index contributed by atoms with van der Waals surface area (Å²) >= 11 is 0. The van der Waals surface area contributed by atoms with Gasteiger partial charge in [-0.1, -0.05) is 99.0 Å². The van der Waals surface area contributed by atoms with Crippen molar-refractivity contribution in [1.29, 1.82) is 0 Å². The average molecular weight is 428 g/mol. The lowest BCUT2D eigenvalue weighted by molar-refractivity contribution is -0.119. The minimum Gasteiger partial charge on any atom is -0.370 e. The van der Waals surface area contributed by atoms with Gasteiger partial charge in [0.2, 0.25) is 5.91 Å². The molecular weight excluding hydrogens is 390 g/mol. The molecule has 0 saturated heterocycles. The molecule has 0 radical (unpaired) electrons. The second kappa shape index (κ2) is 9.90. The first-order chi connectivity index (χ1) is 15.6. The largest absolute Gasteiger partial charge is 0.370 e. The van der Waals surface area contributed by atoms with Gasteiger partial charge in [-0.25, -0.2) is 0 Å². The number of nitrogens with two attached hydrogens (primary N) is 1. The van der Waals surface area contributed by atoms with Gasteiger partial charge < -0.3 is 5.73 Å². The highest BCUT2D eigenvalue weighted by Crippen LogP contribution is 2.68. The molecule has 3 atom stereocenters. The first-order valence-electron chi connectivity index (χ1n) is 12.4. The summed E-state index contributed by atoms with van der Waals surface area (Å²) in [6.07, 6.45) is 9.86. The van der Waals surface area contributed by atoms with Crippen LogP contribution in [0.5, 0.6) is 0 Å². The van der Waals surface area contributed by atoms with Crippen LogP contribution in [0, 0.1) is 17.3 Å². The Morgan fingerprint density at radius 1 is 1.03 bits per heavy atom. The van der Waals surface area contributed by atoms with Crippen LogP contribution >= 0.6 is 0 Å². The maximum Gasteiger partial charge on any atom is 0.217 e. The molecule has 32 heavy (non-hydrogen) atoms. The van der Waals surface area contributed by atoms with E-state index in [1.165, 1.54) is 48.0 Å². The Labute approximate surface area is 193 Å². The SMILES string of the molecule is C=C(c1ccccc1)C12CCC(CC(N)=O)C1CC(CCCCCC)=C2c1ccccc1. The molecule has 2 aliphatic rings. The van der Waals surface area contributed by atoms with E-state index >= 15 is 0 Å². The van der Waals surface area contributed by atoms with Crippen LogP contribution in [-0.2, 0) is 4.79 Å². The van der Waals surface area contributed by atoms with E-state index in [1.54, 1.807) is 5.57 Å². The van der Waals surface area contributed by atoms with Gasteiger partial charge in [-0.05, 0) is 66.2 Å². The lowest BCUT2D eigenvalue weighted by Crippen LogP contribution is -2.29. The van der Waals surface area contributed by atoms with Crippen LogP contribution in [0.4, 0.5) is 0 Å². The molecule has 0 aliphatic heterocycles. The number of fused-ring (bicyclic) bond motifs is 1. The molecule has 1 fully saturated rings. The zero-order chi connectivity index (χ0) is 22.6. The lowest BCUT2D eigenvalue weighted by Gasteiger charge is -2.37. The van der Waals surface area contributed by atoms with Crippen LogP contribution in [0.1, 0.15) is 75.8 Å². The molecule has 2 aliphatic carbocycles. The summed E-state index contributed by atoms with van der Waals surface area (Å²) in [5, 5.41) is 0. The summed E-state index contributed by atoms with van der Waals surface area (Å²) in [5.74, 6) is 0.563. The highest BCUT2D eigenvalue weighted by Gasteiger charge is 2.56. The van der Waals surface area contributed by atoms with Crippen LogP contribution in [0.2, 0.25) is 0 Å². The van der Waals surface area contributed by atoms with Crippen LogP contribution in [0.3, 0.4) is 0 Å². The topological polar surface area (TPSA) is 43.1 Å². The summed E-state index contributed by atoms with van der Waals surface area (Å²) in [6, 6.07) is 21.6. The molecule has 0 heterocycles. The first-order valence-corrected chi connectivity index (χ1v) is 12.4. The molecule has 0 aromatic heterocycles. The van der Waals surface area contributed by atoms with Gasteiger partial charge in [-0.3, -0.25) is 4.79 Å². The number of amides is 1. The highest BCUT2D eigenvalue weighted by atomic mass is 16.1. The minimum atomic E-state index is -0.172. The standard InChI is InChI=1S/C30H37NO/c1-3-4-5-8-17-26-20-27-25(21-28(31)32)18-19-30(27,22(2)23-13-9-6-10-14-23)29(26)24-15-11-7-12-16-24/h6-7,9-16,25,27H,2-5,8,17-21H2,1H3,(H2,31,32). The number of carbonyl (C=O) groups excluding carboxylic acids is 1. The summed E-state index contributed by atoms with van der Waals surface area (Å²) in [6.45, 7) is 6.99. The van der Waals surface area contributed by atoms with Crippen molar-refractivity contribution in [3.05, 3.63) is 83.9 Å². The molecule has 3 unspecified atom stereocenters. The van der Waals surface area contributed by atoms with E-state index in [4.69, 9.17) is 12.3 Å². The van der Waals surface area contributed by atoms with Crippen molar-refractivity contribution < 1.29 is 4.79 Å². The molecule has 0 spiro atoms. The first kappa shape index (κ1) is 22.6. The van der Waals surface area contributed by atoms with E-state index in [2.05, 4.69) is 67.6 Å². The van der Waals surface area contributed by atoms with E-state index in [-0.39, 0.29) is 11.3 Å². The molecule has 2 N–H and O–H groups in total. The Morgan fingerprint density at radius 2 is 1.72 bits per heavy atom. The van der Waals surface area contributed by atoms with Crippen molar-refractivity contribution >= 4 is 17.1 Å².